The number of carbonyl (C=O) groups is 1. The van der Waals surface area contributed by atoms with Gasteiger partial charge < -0.3 is 10.2 Å². The lowest BCUT2D eigenvalue weighted by Gasteiger charge is -2.24. The van der Waals surface area contributed by atoms with Gasteiger partial charge in [-0.05, 0) is 61.4 Å². The molecule has 2 aromatic carbocycles. The van der Waals surface area contributed by atoms with Gasteiger partial charge in [-0.25, -0.2) is 4.98 Å². The van der Waals surface area contributed by atoms with Gasteiger partial charge in [-0.3, -0.25) is 4.79 Å². The molecule has 0 aliphatic carbocycles. The number of pyridine rings is 1. The van der Waals surface area contributed by atoms with Gasteiger partial charge in [0, 0.05) is 29.2 Å². The summed E-state index contributed by atoms with van der Waals surface area (Å²) in [6, 6.07) is 20.9. The molecule has 0 radical (unpaired) electrons. The average molecular weight is 354 g/mol. The minimum atomic E-state index is -0.205. The summed E-state index contributed by atoms with van der Waals surface area (Å²) >= 11 is 0. The maximum atomic E-state index is 12.6. The van der Waals surface area contributed by atoms with Gasteiger partial charge in [-0.1, -0.05) is 18.2 Å². The second-order valence-electron chi connectivity index (χ2n) is 6.60. The van der Waals surface area contributed by atoms with Gasteiger partial charge in [0.2, 0.25) is 0 Å². The van der Waals surface area contributed by atoms with Crippen LogP contribution in [0.25, 0.3) is 0 Å². The number of rotatable bonds is 3. The number of nitrogens with one attached hydrogen (secondary N) is 1. The lowest BCUT2D eigenvalue weighted by molar-refractivity contribution is 0.102. The van der Waals surface area contributed by atoms with E-state index in [0.29, 0.717) is 16.8 Å². The van der Waals surface area contributed by atoms with Gasteiger partial charge in [-0.15, -0.1) is 0 Å². The Hall–Kier alpha value is -3.65. The van der Waals surface area contributed by atoms with E-state index in [-0.39, 0.29) is 11.9 Å². The Bertz CT molecular complexity index is 1040. The second-order valence-corrected chi connectivity index (χ2v) is 6.60. The topological polar surface area (TPSA) is 69.0 Å². The van der Waals surface area contributed by atoms with Crippen molar-refractivity contribution in [1.82, 2.24) is 4.98 Å². The molecule has 1 amide bonds. The standard InChI is InChI=1S/C22H18N4O/c1-15-12-17-4-2-3-5-20(17)26(15)21-13-18(10-11-24-21)22(27)25-19-8-6-16(14-23)7-9-19/h2-11,13,15H,12H2,1H3,(H,25,27). The molecule has 1 unspecified atom stereocenters. The second kappa shape index (κ2) is 6.93. The highest BCUT2D eigenvalue weighted by Crippen LogP contribution is 2.37. The molecule has 0 fully saturated rings. The Balaban J connectivity index is 1.59. The van der Waals surface area contributed by atoms with Gasteiger partial charge in [0.1, 0.15) is 5.82 Å². The summed E-state index contributed by atoms with van der Waals surface area (Å²) in [5.41, 5.74) is 4.18. The summed E-state index contributed by atoms with van der Waals surface area (Å²) in [5, 5.41) is 11.7. The number of para-hydroxylation sites is 1. The Morgan fingerprint density at radius 1 is 1.19 bits per heavy atom. The van der Waals surface area contributed by atoms with Crippen molar-refractivity contribution in [3.8, 4) is 6.07 Å². The predicted molar refractivity (Wildman–Crippen MR) is 105 cm³/mol. The van der Waals surface area contributed by atoms with Gasteiger partial charge in [0.15, 0.2) is 0 Å². The molecule has 4 rings (SSSR count). The summed E-state index contributed by atoms with van der Waals surface area (Å²) in [6.07, 6.45) is 2.62. The third-order valence-electron chi connectivity index (χ3n) is 4.73. The van der Waals surface area contributed by atoms with Crippen molar-refractivity contribution in [2.24, 2.45) is 0 Å². The van der Waals surface area contributed by atoms with E-state index in [1.165, 1.54) is 5.56 Å². The van der Waals surface area contributed by atoms with E-state index in [1.54, 1.807) is 36.5 Å². The first-order valence-electron chi connectivity index (χ1n) is 8.80. The molecule has 27 heavy (non-hydrogen) atoms. The van der Waals surface area contributed by atoms with Crippen molar-refractivity contribution in [1.29, 1.82) is 5.26 Å². The van der Waals surface area contributed by atoms with Crippen molar-refractivity contribution in [2.75, 3.05) is 10.2 Å². The van der Waals surface area contributed by atoms with E-state index in [4.69, 9.17) is 5.26 Å². The molecule has 1 aromatic heterocycles. The van der Waals surface area contributed by atoms with Crippen molar-refractivity contribution >= 4 is 23.1 Å². The highest BCUT2D eigenvalue weighted by atomic mass is 16.1. The van der Waals surface area contributed by atoms with Gasteiger partial charge in [0.25, 0.3) is 5.91 Å². The van der Waals surface area contributed by atoms with Crippen LogP contribution in [0.1, 0.15) is 28.4 Å². The molecule has 5 heteroatoms. The molecule has 0 spiro atoms. The van der Waals surface area contributed by atoms with Gasteiger partial charge >= 0.3 is 0 Å². The van der Waals surface area contributed by atoms with Crippen molar-refractivity contribution in [3.63, 3.8) is 0 Å². The fourth-order valence-corrected chi connectivity index (χ4v) is 3.44. The molecule has 1 aliphatic heterocycles. The summed E-state index contributed by atoms with van der Waals surface area (Å²) < 4.78 is 0. The number of aromatic nitrogens is 1. The lowest BCUT2D eigenvalue weighted by Crippen LogP contribution is -2.25. The maximum absolute atomic E-state index is 12.6. The molecule has 0 saturated heterocycles. The highest BCUT2D eigenvalue weighted by Gasteiger charge is 2.28. The molecule has 0 bridgehead atoms. The van der Waals surface area contributed by atoms with Crippen LogP contribution in [-0.4, -0.2) is 16.9 Å². The number of amides is 1. The van der Waals surface area contributed by atoms with Crippen molar-refractivity contribution < 1.29 is 4.79 Å². The fourth-order valence-electron chi connectivity index (χ4n) is 3.44. The van der Waals surface area contributed by atoms with Gasteiger partial charge in [0.05, 0.1) is 11.6 Å². The molecule has 1 N–H and O–H groups in total. The zero-order valence-corrected chi connectivity index (χ0v) is 14.9. The largest absolute Gasteiger partial charge is 0.323 e. The Kier molecular flexibility index (Phi) is 4.31. The van der Waals surface area contributed by atoms with E-state index in [9.17, 15) is 4.79 Å². The van der Waals surface area contributed by atoms with Crippen LogP contribution in [0.15, 0.2) is 66.9 Å². The van der Waals surface area contributed by atoms with Crippen LogP contribution in [0.3, 0.4) is 0 Å². The van der Waals surface area contributed by atoms with E-state index in [1.807, 2.05) is 18.2 Å². The monoisotopic (exact) mass is 354 g/mol. The number of benzene rings is 2. The summed E-state index contributed by atoms with van der Waals surface area (Å²) in [7, 11) is 0. The first-order valence-corrected chi connectivity index (χ1v) is 8.80. The van der Waals surface area contributed by atoms with Gasteiger partial charge in [-0.2, -0.15) is 5.26 Å². The lowest BCUT2D eigenvalue weighted by atomic mass is 10.1. The van der Waals surface area contributed by atoms with E-state index >= 15 is 0 Å². The minimum absolute atomic E-state index is 0.205. The molecule has 132 valence electrons. The molecule has 1 atom stereocenters. The molecular weight excluding hydrogens is 336 g/mol. The SMILES string of the molecule is CC1Cc2ccccc2N1c1cc(C(=O)Nc2ccc(C#N)cc2)ccn1. The number of hydrogen-bond donors (Lipinski definition) is 1. The minimum Gasteiger partial charge on any atom is -0.323 e. The Morgan fingerprint density at radius 3 is 2.74 bits per heavy atom. The van der Waals surface area contributed by atoms with E-state index in [2.05, 4.69) is 40.3 Å². The molecule has 5 nitrogen and oxygen atoms in total. The van der Waals surface area contributed by atoms with Crippen LogP contribution in [0.2, 0.25) is 0 Å². The molecule has 3 aromatic rings. The Morgan fingerprint density at radius 2 is 1.96 bits per heavy atom. The normalized spacial score (nSPS) is 15.1. The average Bonchev–Trinajstić information content (AvgIpc) is 3.04. The Labute approximate surface area is 157 Å². The van der Waals surface area contributed by atoms with Crippen molar-refractivity contribution in [3.05, 3.63) is 83.6 Å². The van der Waals surface area contributed by atoms with Crippen LogP contribution >= 0.6 is 0 Å². The van der Waals surface area contributed by atoms with Crippen molar-refractivity contribution in [2.45, 2.75) is 19.4 Å². The zero-order valence-electron chi connectivity index (χ0n) is 14.9. The predicted octanol–water partition coefficient (Wildman–Crippen LogP) is 4.29. The van der Waals surface area contributed by atoms with Crippen LogP contribution in [0.5, 0.6) is 0 Å². The van der Waals surface area contributed by atoms with Crippen LogP contribution < -0.4 is 10.2 Å². The fraction of sp³-hybridized carbons (Fsp3) is 0.136. The quantitative estimate of drug-likeness (QED) is 0.762. The highest BCUT2D eigenvalue weighted by molar-refractivity contribution is 6.04. The van der Waals surface area contributed by atoms with Crippen LogP contribution in [-0.2, 0) is 6.42 Å². The molecular formula is C22H18N4O. The van der Waals surface area contributed by atoms with E-state index in [0.717, 1.165) is 17.9 Å². The molecule has 2 heterocycles. The third-order valence-corrected chi connectivity index (χ3v) is 4.73. The third kappa shape index (κ3) is 3.25. The first kappa shape index (κ1) is 16.8. The number of carbonyl (C=O) groups excluding carboxylic acids is 1. The number of nitrogens with zero attached hydrogens (tertiary/aromatic N) is 3. The van der Waals surface area contributed by atoms with Crippen LogP contribution in [0, 0.1) is 11.3 Å². The maximum Gasteiger partial charge on any atom is 0.255 e. The first-order chi connectivity index (χ1) is 13.2. The number of anilines is 3. The number of nitriles is 1. The van der Waals surface area contributed by atoms with Crippen LogP contribution in [0.4, 0.5) is 17.2 Å². The summed E-state index contributed by atoms with van der Waals surface area (Å²) in [4.78, 5) is 19.3. The number of hydrogen-bond acceptors (Lipinski definition) is 4. The molecule has 0 saturated carbocycles. The summed E-state index contributed by atoms with van der Waals surface area (Å²) in [5.74, 6) is 0.559. The molecule has 1 aliphatic rings. The summed E-state index contributed by atoms with van der Waals surface area (Å²) in [6.45, 7) is 2.16. The van der Waals surface area contributed by atoms with E-state index < -0.39 is 0 Å². The zero-order chi connectivity index (χ0) is 18.8. The number of fused-ring (bicyclic) bond motifs is 1. The smallest absolute Gasteiger partial charge is 0.255 e.